The molecule has 0 atom stereocenters. The second kappa shape index (κ2) is 7.34. The van der Waals surface area contributed by atoms with Gasteiger partial charge in [-0.3, -0.25) is 0 Å². The van der Waals surface area contributed by atoms with E-state index >= 15 is 0 Å². The molecule has 0 fully saturated rings. The molecule has 0 aromatic carbocycles. The van der Waals surface area contributed by atoms with Crippen molar-refractivity contribution in [1.82, 2.24) is 0 Å². The number of rotatable bonds is 8. The van der Waals surface area contributed by atoms with Crippen LogP contribution in [0.3, 0.4) is 0 Å². The first-order chi connectivity index (χ1) is 7.67. The quantitative estimate of drug-likeness (QED) is 0.607. The van der Waals surface area contributed by atoms with Crippen LogP contribution in [0.1, 0.15) is 61.8 Å². The lowest BCUT2D eigenvalue weighted by atomic mass is 10.1. The van der Waals surface area contributed by atoms with E-state index < -0.39 is 5.97 Å². The van der Waals surface area contributed by atoms with Crippen LogP contribution in [0.15, 0.2) is 0 Å². The highest BCUT2D eigenvalue weighted by molar-refractivity contribution is 4.66. The van der Waals surface area contributed by atoms with Crippen molar-refractivity contribution < 1.29 is 14.2 Å². The van der Waals surface area contributed by atoms with E-state index in [4.69, 9.17) is 14.2 Å². The van der Waals surface area contributed by atoms with Gasteiger partial charge >= 0.3 is 0 Å². The zero-order chi connectivity index (χ0) is 13.6. The maximum Gasteiger partial charge on any atom is 0.283 e. The molecule has 0 heterocycles. The van der Waals surface area contributed by atoms with E-state index in [0.29, 0.717) is 5.92 Å². The van der Waals surface area contributed by atoms with E-state index in [1.165, 1.54) is 0 Å². The van der Waals surface area contributed by atoms with Crippen molar-refractivity contribution in [3.05, 3.63) is 0 Å². The molecule has 0 bridgehead atoms. The van der Waals surface area contributed by atoms with Gasteiger partial charge in [0.1, 0.15) is 0 Å². The van der Waals surface area contributed by atoms with E-state index in [0.717, 1.165) is 6.42 Å². The fourth-order valence-corrected chi connectivity index (χ4v) is 1.81. The largest absolute Gasteiger partial charge is 0.325 e. The molecule has 0 aromatic rings. The van der Waals surface area contributed by atoms with Crippen LogP contribution in [0.5, 0.6) is 0 Å². The Kier molecular flexibility index (Phi) is 7.29. The molecule has 0 saturated heterocycles. The molecule has 104 valence electrons. The van der Waals surface area contributed by atoms with Gasteiger partial charge in [0.15, 0.2) is 0 Å². The van der Waals surface area contributed by atoms with Crippen molar-refractivity contribution >= 4 is 0 Å². The van der Waals surface area contributed by atoms with E-state index in [1.807, 2.05) is 41.5 Å². The summed E-state index contributed by atoms with van der Waals surface area (Å²) in [5, 5.41) is 0. The molecule has 0 N–H and O–H groups in total. The number of hydrogen-bond acceptors (Lipinski definition) is 3. The highest BCUT2D eigenvalue weighted by Gasteiger charge is 2.37. The molecule has 0 saturated carbocycles. The van der Waals surface area contributed by atoms with Crippen molar-refractivity contribution in [2.24, 2.45) is 5.92 Å². The van der Waals surface area contributed by atoms with Crippen molar-refractivity contribution in [1.29, 1.82) is 0 Å². The van der Waals surface area contributed by atoms with Gasteiger partial charge in [0, 0.05) is 6.42 Å². The molecule has 0 amide bonds. The SMILES string of the molecule is CC(C)CC(OC(C)C)(OC(C)C)OC(C)C. The smallest absolute Gasteiger partial charge is 0.283 e. The summed E-state index contributed by atoms with van der Waals surface area (Å²) < 4.78 is 17.8. The fraction of sp³-hybridized carbons (Fsp3) is 1.00. The van der Waals surface area contributed by atoms with Gasteiger partial charge in [0.2, 0.25) is 0 Å². The molecule has 0 aliphatic heterocycles. The molecule has 0 unspecified atom stereocenters. The Morgan fingerprint density at radius 3 is 1.12 bits per heavy atom. The third-order valence-corrected chi connectivity index (χ3v) is 1.90. The highest BCUT2D eigenvalue weighted by atomic mass is 16.9. The third kappa shape index (κ3) is 7.74. The van der Waals surface area contributed by atoms with Crippen LogP contribution in [0, 0.1) is 5.92 Å². The number of hydrogen-bond donors (Lipinski definition) is 0. The molecule has 17 heavy (non-hydrogen) atoms. The first-order valence-corrected chi connectivity index (χ1v) is 6.70. The zero-order valence-corrected chi connectivity index (χ0v) is 12.7. The zero-order valence-electron chi connectivity index (χ0n) is 12.7. The fourth-order valence-electron chi connectivity index (χ4n) is 1.81. The summed E-state index contributed by atoms with van der Waals surface area (Å²) >= 11 is 0. The van der Waals surface area contributed by atoms with Gasteiger partial charge in [0.05, 0.1) is 18.3 Å². The molecular weight excluding hydrogens is 216 g/mol. The van der Waals surface area contributed by atoms with Gasteiger partial charge in [-0.2, -0.15) is 0 Å². The van der Waals surface area contributed by atoms with Gasteiger partial charge < -0.3 is 14.2 Å². The van der Waals surface area contributed by atoms with Gasteiger partial charge in [-0.25, -0.2) is 0 Å². The molecular formula is C14H30O3. The average Bonchev–Trinajstić information content (AvgIpc) is 1.95. The van der Waals surface area contributed by atoms with Crippen LogP contribution in [0.25, 0.3) is 0 Å². The van der Waals surface area contributed by atoms with Crippen molar-refractivity contribution in [3.63, 3.8) is 0 Å². The summed E-state index contributed by atoms with van der Waals surface area (Å²) in [7, 11) is 0. The second-order valence-corrected chi connectivity index (χ2v) is 5.78. The normalized spacial score (nSPS) is 13.4. The van der Waals surface area contributed by atoms with Crippen molar-refractivity contribution in [2.45, 2.75) is 86.1 Å². The van der Waals surface area contributed by atoms with E-state index in [9.17, 15) is 0 Å². The lowest BCUT2D eigenvalue weighted by Gasteiger charge is -2.38. The van der Waals surface area contributed by atoms with Gasteiger partial charge in [-0.15, -0.1) is 0 Å². The summed E-state index contributed by atoms with van der Waals surface area (Å²) in [5.41, 5.74) is 0. The van der Waals surface area contributed by atoms with E-state index in [-0.39, 0.29) is 18.3 Å². The second-order valence-electron chi connectivity index (χ2n) is 5.78. The summed E-state index contributed by atoms with van der Waals surface area (Å²) in [6.07, 6.45) is 0.963. The average molecular weight is 246 g/mol. The van der Waals surface area contributed by atoms with Crippen LogP contribution in [0.2, 0.25) is 0 Å². The highest BCUT2D eigenvalue weighted by Crippen LogP contribution is 2.29. The Morgan fingerprint density at radius 2 is 0.941 bits per heavy atom. The Hall–Kier alpha value is -0.120. The van der Waals surface area contributed by atoms with Crippen LogP contribution in [-0.4, -0.2) is 24.3 Å². The van der Waals surface area contributed by atoms with Crippen LogP contribution < -0.4 is 0 Å². The van der Waals surface area contributed by atoms with Crippen molar-refractivity contribution in [2.75, 3.05) is 0 Å². The Morgan fingerprint density at radius 1 is 0.647 bits per heavy atom. The molecule has 0 aliphatic carbocycles. The lowest BCUT2D eigenvalue weighted by Crippen LogP contribution is -2.45. The lowest BCUT2D eigenvalue weighted by molar-refractivity contribution is -0.414. The predicted octanol–water partition coefficient (Wildman–Crippen LogP) is 3.96. The number of ether oxygens (including phenoxy) is 3. The van der Waals surface area contributed by atoms with Gasteiger partial charge in [0.25, 0.3) is 5.97 Å². The Bertz CT molecular complexity index is 152. The van der Waals surface area contributed by atoms with Gasteiger partial charge in [-0.05, 0) is 47.5 Å². The molecule has 3 nitrogen and oxygen atoms in total. The Labute approximate surface area is 107 Å². The molecule has 0 radical (unpaired) electrons. The summed E-state index contributed by atoms with van der Waals surface area (Å²) in [6.45, 7) is 16.3. The molecule has 0 aliphatic rings. The topological polar surface area (TPSA) is 27.7 Å². The first kappa shape index (κ1) is 16.9. The Balaban J connectivity index is 4.89. The predicted molar refractivity (Wildman–Crippen MR) is 70.8 cm³/mol. The summed E-state index contributed by atoms with van der Waals surface area (Å²) in [5.74, 6) is -0.462. The molecule has 0 rings (SSSR count). The molecule has 0 spiro atoms. The minimum absolute atomic E-state index is 0.0752. The summed E-state index contributed by atoms with van der Waals surface area (Å²) in [4.78, 5) is 0. The molecule has 3 heteroatoms. The minimum Gasteiger partial charge on any atom is -0.325 e. The maximum atomic E-state index is 5.93. The minimum atomic E-state index is -0.912. The maximum absolute atomic E-state index is 5.93. The standard InChI is InChI=1S/C14H30O3/c1-10(2)9-14(15-11(3)4,16-12(5)6)17-13(7)8/h10-13H,9H2,1-8H3. The van der Waals surface area contributed by atoms with E-state index in [1.54, 1.807) is 0 Å². The summed E-state index contributed by atoms with van der Waals surface area (Å²) in [6, 6.07) is 0. The van der Waals surface area contributed by atoms with Crippen molar-refractivity contribution in [3.8, 4) is 0 Å². The van der Waals surface area contributed by atoms with E-state index in [2.05, 4.69) is 13.8 Å². The monoisotopic (exact) mass is 246 g/mol. The molecule has 0 aromatic heterocycles. The van der Waals surface area contributed by atoms with Crippen LogP contribution in [0.4, 0.5) is 0 Å². The van der Waals surface area contributed by atoms with Gasteiger partial charge in [-0.1, -0.05) is 13.8 Å². The van der Waals surface area contributed by atoms with Crippen LogP contribution >= 0.6 is 0 Å². The third-order valence-electron chi connectivity index (χ3n) is 1.90. The first-order valence-electron chi connectivity index (χ1n) is 6.70. The van der Waals surface area contributed by atoms with Crippen LogP contribution in [-0.2, 0) is 14.2 Å².